The topological polar surface area (TPSA) is 57.8 Å². The lowest BCUT2D eigenvalue weighted by molar-refractivity contribution is 0.0933. The summed E-state index contributed by atoms with van der Waals surface area (Å²) in [5.74, 6) is -0.0431. The molecule has 1 unspecified atom stereocenters. The summed E-state index contributed by atoms with van der Waals surface area (Å²) >= 11 is 0. The van der Waals surface area contributed by atoms with E-state index in [0.717, 1.165) is 19.3 Å². The van der Waals surface area contributed by atoms with Crippen molar-refractivity contribution >= 4 is 16.8 Å². The van der Waals surface area contributed by atoms with Crippen LogP contribution in [0.3, 0.4) is 0 Å². The number of nitrogens with zero attached hydrogens (tertiary/aromatic N) is 1. The number of fused-ring (bicyclic) bond motifs is 3. The molecule has 0 saturated carbocycles. The number of pyridine rings is 1. The predicted octanol–water partition coefficient (Wildman–Crippen LogP) is 3.16. The van der Waals surface area contributed by atoms with Crippen LogP contribution in [0.5, 0.6) is 0 Å². The Hall–Kier alpha value is -2.62. The van der Waals surface area contributed by atoms with E-state index in [1.54, 1.807) is 24.5 Å². The third kappa shape index (κ3) is 2.61. The van der Waals surface area contributed by atoms with Crippen LogP contribution in [0.2, 0.25) is 0 Å². The number of nitrogens with one attached hydrogen (secondary N) is 2. The maximum absolute atomic E-state index is 12.3. The highest BCUT2D eigenvalue weighted by Gasteiger charge is 2.23. The zero-order valence-corrected chi connectivity index (χ0v) is 13.1. The highest BCUT2D eigenvalue weighted by molar-refractivity contribution is 5.94. The lowest BCUT2D eigenvalue weighted by atomic mass is 9.91. The number of hydrogen-bond acceptors (Lipinski definition) is 2. The fourth-order valence-electron chi connectivity index (χ4n) is 3.43. The smallest absolute Gasteiger partial charge is 0.253 e. The summed E-state index contributed by atoms with van der Waals surface area (Å²) in [5.41, 5.74) is 5.76. The molecule has 3 aromatic rings. The molecule has 0 fully saturated rings. The molecule has 0 radical (unpaired) electrons. The van der Waals surface area contributed by atoms with Crippen LogP contribution < -0.4 is 5.32 Å². The molecular formula is C19H19N3O. The number of aromatic amines is 1. The van der Waals surface area contributed by atoms with Gasteiger partial charge in [-0.05, 0) is 49.6 Å². The van der Waals surface area contributed by atoms with Crippen LogP contribution in [-0.4, -0.2) is 21.9 Å². The molecular weight excluding hydrogens is 286 g/mol. The summed E-state index contributed by atoms with van der Waals surface area (Å²) in [4.78, 5) is 19.8. The predicted molar refractivity (Wildman–Crippen MR) is 90.6 cm³/mol. The Labute approximate surface area is 134 Å². The van der Waals surface area contributed by atoms with Gasteiger partial charge in [-0.25, -0.2) is 0 Å². The van der Waals surface area contributed by atoms with Gasteiger partial charge in [0.25, 0.3) is 5.91 Å². The molecule has 1 amide bonds. The number of H-pyrrole nitrogens is 1. The SMILES string of the molecule is Cc1ccc2[nH]c3c(c2c1)CCC(NC(=O)c1cccnc1)C3. The second-order valence-corrected chi connectivity index (χ2v) is 6.29. The Morgan fingerprint density at radius 3 is 3.09 bits per heavy atom. The monoisotopic (exact) mass is 305 g/mol. The molecule has 4 nitrogen and oxygen atoms in total. The van der Waals surface area contributed by atoms with Crippen molar-refractivity contribution in [1.82, 2.24) is 15.3 Å². The van der Waals surface area contributed by atoms with Gasteiger partial charge in [-0.1, -0.05) is 11.6 Å². The van der Waals surface area contributed by atoms with Crippen molar-refractivity contribution in [3.8, 4) is 0 Å². The molecule has 2 aromatic heterocycles. The Morgan fingerprint density at radius 2 is 2.26 bits per heavy atom. The third-order valence-electron chi connectivity index (χ3n) is 4.60. The van der Waals surface area contributed by atoms with E-state index in [0.29, 0.717) is 5.56 Å². The van der Waals surface area contributed by atoms with Gasteiger partial charge in [0.15, 0.2) is 0 Å². The van der Waals surface area contributed by atoms with E-state index in [9.17, 15) is 4.79 Å². The molecule has 0 aliphatic heterocycles. The maximum atomic E-state index is 12.3. The summed E-state index contributed by atoms with van der Waals surface area (Å²) in [6.45, 7) is 2.12. The Bertz CT molecular complexity index is 867. The number of rotatable bonds is 2. The first-order valence-electron chi connectivity index (χ1n) is 8.01. The van der Waals surface area contributed by atoms with Crippen LogP contribution in [-0.2, 0) is 12.8 Å². The fourth-order valence-corrected chi connectivity index (χ4v) is 3.43. The highest BCUT2D eigenvalue weighted by Crippen LogP contribution is 2.29. The zero-order chi connectivity index (χ0) is 15.8. The second-order valence-electron chi connectivity index (χ2n) is 6.29. The van der Waals surface area contributed by atoms with Crippen molar-refractivity contribution in [3.63, 3.8) is 0 Å². The average Bonchev–Trinajstić information content (AvgIpc) is 2.92. The van der Waals surface area contributed by atoms with Crippen LogP contribution in [0.15, 0.2) is 42.7 Å². The van der Waals surface area contributed by atoms with Crippen molar-refractivity contribution in [2.45, 2.75) is 32.2 Å². The van der Waals surface area contributed by atoms with Crippen LogP contribution >= 0.6 is 0 Å². The van der Waals surface area contributed by atoms with Gasteiger partial charge in [0.2, 0.25) is 0 Å². The van der Waals surface area contributed by atoms with Crippen LogP contribution in [0, 0.1) is 6.92 Å². The minimum atomic E-state index is -0.0431. The first-order chi connectivity index (χ1) is 11.2. The van der Waals surface area contributed by atoms with Crippen molar-refractivity contribution in [3.05, 3.63) is 65.1 Å². The first-order valence-corrected chi connectivity index (χ1v) is 8.01. The number of amides is 1. The molecule has 0 spiro atoms. The quantitative estimate of drug-likeness (QED) is 0.764. The van der Waals surface area contributed by atoms with Crippen LogP contribution in [0.25, 0.3) is 10.9 Å². The number of benzene rings is 1. The van der Waals surface area contributed by atoms with Gasteiger partial charge in [0.1, 0.15) is 0 Å². The fraction of sp³-hybridized carbons (Fsp3) is 0.263. The number of aryl methyl sites for hydroxylation is 2. The minimum absolute atomic E-state index is 0.0431. The molecule has 2 heterocycles. The molecule has 1 aromatic carbocycles. The van der Waals surface area contributed by atoms with Crippen molar-refractivity contribution in [1.29, 1.82) is 0 Å². The Balaban J connectivity index is 1.55. The lowest BCUT2D eigenvalue weighted by Gasteiger charge is -2.23. The molecule has 116 valence electrons. The van der Waals surface area contributed by atoms with E-state index in [1.807, 2.05) is 0 Å². The van der Waals surface area contributed by atoms with Crippen molar-refractivity contribution in [2.24, 2.45) is 0 Å². The molecule has 0 saturated heterocycles. The molecule has 23 heavy (non-hydrogen) atoms. The van der Waals surface area contributed by atoms with Gasteiger partial charge in [-0.3, -0.25) is 9.78 Å². The second kappa shape index (κ2) is 5.54. The van der Waals surface area contributed by atoms with Gasteiger partial charge >= 0.3 is 0 Å². The largest absolute Gasteiger partial charge is 0.358 e. The Morgan fingerprint density at radius 1 is 1.35 bits per heavy atom. The van der Waals surface area contributed by atoms with Crippen molar-refractivity contribution in [2.75, 3.05) is 0 Å². The molecule has 0 bridgehead atoms. The molecule has 1 atom stereocenters. The molecule has 2 N–H and O–H groups in total. The summed E-state index contributed by atoms with van der Waals surface area (Å²) in [6, 6.07) is 10.3. The number of hydrogen-bond donors (Lipinski definition) is 2. The van der Waals surface area contributed by atoms with E-state index in [2.05, 4.69) is 40.4 Å². The van der Waals surface area contributed by atoms with Gasteiger partial charge in [0, 0.05) is 41.5 Å². The maximum Gasteiger partial charge on any atom is 0.253 e. The third-order valence-corrected chi connectivity index (χ3v) is 4.60. The van der Waals surface area contributed by atoms with E-state index < -0.39 is 0 Å². The first kappa shape index (κ1) is 14.0. The van der Waals surface area contributed by atoms with Gasteiger partial charge in [-0.2, -0.15) is 0 Å². The normalized spacial score (nSPS) is 17.0. The zero-order valence-electron chi connectivity index (χ0n) is 13.1. The Kier molecular flexibility index (Phi) is 3.37. The van der Waals surface area contributed by atoms with E-state index in [4.69, 9.17) is 0 Å². The number of aromatic nitrogens is 2. The molecule has 1 aliphatic carbocycles. The summed E-state index contributed by atoms with van der Waals surface area (Å²) < 4.78 is 0. The van der Waals surface area contributed by atoms with Crippen LogP contribution in [0.4, 0.5) is 0 Å². The van der Waals surface area contributed by atoms with E-state index in [1.165, 1.54) is 27.7 Å². The summed E-state index contributed by atoms with van der Waals surface area (Å²) in [7, 11) is 0. The van der Waals surface area contributed by atoms with Gasteiger partial charge < -0.3 is 10.3 Å². The highest BCUT2D eigenvalue weighted by atomic mass is 16.1. The summed E-state index contributed by atoms with van der Waals surface area (Å²) in [5, 5.41) is 4.46. The molecule has 4 rings (SSSR count). The number of carbonyl (C=O) groups is 1. The average molecular weight is 305 g/mol. The lowest BCUT2D eigenvalue weighted by Crippen LogP contribution is -2.38. The summed E-state index contributed by atoms with van der Waals surface area (Å²) in [6.07, 6.45) is 6.11. The van der Waals surface area contributed by atoms with E-state index in [-0.39, 0.29) is 11.9 Å². The minimum Gasteiger partial charge on any atom is -0.358 e. The molecule has 4 heteroatoms. The van der Waals surface area contributed by atoms with Gasteiger partial charge in [-0.15, -0.1) is 0 Å². The number of carbonyl (C=O) groups excluding carboxylic acids is 1. The van der Waals surface area contributed by atoms with Gasteiger partial charge in [0.05, 0.1) is 5.56 Å². The van der Waals surface area contributed by atoms with Crippen LogP contribution in [0.1, 0.15) is 33.6 Å². The standard InChI is InChI=1S/C19H19N3O/c1-12-4-7-17-16(9-12)15-6-5-14(10-18(15)22-17)21-19(23)13-3-2-8-20-11-13/h2-4,7-9,11,14,22H,5-6,10H2,1H3,(H,21,23). The van der Waals surface area contributed by atoms with E-state index >= 15 is 0 Å². The molecule has 1 aliphatic rings. The van der Waals surface area contributed by atoms with Crippen molar-refractivity contribution < 1.29 is 4.79 Å².